The molecule has 0 radical (unpaired) electrons. The standard InChI is InChI=1S/C11H15ClFNO5/c1-3-16-9(15)8(10(2)17-4-5-18-10)14-19-7-6-11(7,12)13/h7H,3-6H2,1-2H3/b14-8+. The first kappa shape index (κ1) is 14.5. The molecule has 8 heteroatoms. The second kappa shape index (κ2) is 5.22. The number of hydrogen-bond acceptors (Lipinski definition) is 6. The summed E-state index contributed by atoms with van der Waals surface area (Å²) in [5, 5.41) is 1.71. The lowest BCUT2D eigenvalue weighted by molar-refractivity contribution is -0.141. The third-order valence-corrected chi connectivity index (χ3v) is 3.17. The second-order valence-corrected chi connectivity index (χ2v) is 4.99. The highest BCUT2D eigenvalue weighted by Crippen LogP contribution is 2.47. The fourth-order valence-electron chi connectivity index (χ4n) is 1.58. The summed E-state index contributed by atoms with van der Waals surface area (Å²) in [7, 11) is 0. The molecule has 2 unspecified atom stereocenters. The molecule has 0 aromatic carbocycles. The first-order chi connectivity index (χ1) is 8.89. The van der Waals surface area contributed by atoms with Crippen LogP contribution in [0.1, 0.15) is 20.3 Å². The highest BCUT2D eigenvalue weighted by molar-refractivity contribution is 6.39. The molecule has 2 rings (SSSR count). The fraction of sp³-hybridized carbons (Fsp3) is 0.818. The molecule has 1 heterocycles. The summed E-state index contributed by atoms with van der Waals surface area (Å²) in [5.41, 5.74) is -0.189. The topological polar surface area (TPSA) is 66.4 Å². The maximum absolute atomic E-state index is 13.1. The number of esters is 1. The molecule has 0 aromatic rings. The summed E-state index contributed by atoms with van der Waals surface area (Å²) in [6, 6.07) is 0. The van der Waals surface area contributed by atoms with Crippen molar-refractivity contribution >= 4 is 23.3 Å². The van der Waals surface area contributed by atoms with E-state index in [-0.39, 0.29) is 18.7 Å². The Balaban J connectivity index is 2.09. The van der Waals surface area contributed by atoms with E-state index in [4.69, 9.17) is 30.6 Å². The van der Waals surface area contributed by atoms with Crippen LogP contribution in [0, 0.1) is 0 Å². The number of oxime groups is 1. The average Bonchev–Trinajstić information content (AvgIpc) is 2.72. The molecule has 19 heavy (non-hydrogen) atoms. The SMILES string of the molecule is CCOC(=O)/C(=N\OC1CC1(F)Cl)C1(C)OCCO1. The van der Waals surface area contributed by atoms with Gasteiger partial charge in [-0.25, -0.2) is 9.18 Å². The van der Waals surface area contributed by atoms with Gasteiger partial charge in [0.2, 0.25) is 16.6 Å². The zero-order valence-corrected chi connectivity index (χ0v) is 11.4. The first-order valence-electron chi connectivity index (χ1n) is 5.96. The van der Waals surface area contributed by atoms with Crippen LogP contribution in [0.4, 0.5) is 4.39 Å². The molecule has 2 atom stereocenters. The van der Waals surface area contributed by atoms with Crippen LogP contribution in [0.2, 0.25) is 0 Å². The van der Waals surface area contributed by atoms with E-state index in [0.717, 1.165) is 0 Å². The number of rotatable bonds is 5. The number of ether oxygens (including phenoxy) is 3. The number of carbonyl (C=O) groups is 1. The number of alkyl halides is 2. The van der Waals surface area contributed by atoms with Crippen molar-refractivity contribution in [3.05, 3.63) is 0 Å². The van der Waals surface area contributed by atoms with Gasteiger partial charge >= 0.3 is 5.97 Å². The van der Waals surface area contributed by atoms with Crippen LogP contribution in [0.5, 0.6) is 0 Å². The zero-order valence-electron chi connectivity index (χ0n) is 10.7. The van der Waals surface area contributed by atoms with Gasteiger partial charge in [-0.3, -0.25) is 0 Å². The van der Waals surface area contributed by atoms with Crippen molar-refractivity contribution in [2.45, 2.75) is 37.3 Å². The quantitative estimate of drug-likeness (QED) is 0.332. The van der Waals surface area contributed by atoms with Crippen LogP contribution in [-0.4, -0.2) is 48.5 Å². The third-order valence-electron chi connectivity index (χ3n) is 2.78. The Bertz CT molecular complexity index is 395. The van der Waals surface area contributed by atoms with E-state index in [1.807, 2.05) is 0 Å². The summed E-state index contributed by atoms with van der Waals surface area (Å²) in [6.07, 6.45) is -0.851. The summed E-state index contributed by atoms with van der Waals surface area (Å²) in [4.78, 5) is 16.7. The van der Waals surface area contributed by atoms with Crippen LogP contribution < -0.4 is 0 Å². The van der Waals surface area contributed by atoms with Gasteiger partial charge in [-0.2, -0.15) is 0 Å². The number of nitrogens with zero attached hydrogens (tertiary/aromatic N) is 1. The molecule has 0 aromatic heterocycles. The molecule has 2 aliphatic rings. The van der Waals surface area contributed by atoms with Gasteiger partial charge in [0.25, 0.3) is 0 Å². The van der Waals surface area contributed by atoms with E-state index in [9.17, 15) is 9.18 Å². The fourth-order valence-corrected chi connectivity index (χ4v) is 1.76. The minimum absolute atomic E-state index is 0.0204. The third kappa shape index (κ3) is 3.16. The van der Waals surface area contributed by atoms with E-state index >= 15 is 0 Å². The first-order valence-corrected chi connectivity index (χ1v) is 6.34. The lowest BCUT2D eigenvalue weighted by Gasteiger charge is -2.22. The molecule has 0 N–H and O–H groups in total. The van der Waals surface area contributed by atoms with Crippen LogP contribution in [0.3, 0.4) is 0 Å². The number of halogens is 2. The van der Waals surface area contributed by atoms with E-state index in [1.54, 1.807) is 6.92 Å². The summed E-state index contributed by atoms with van der Waals surface area (Å²) in [5.74, 6) is -2.07. The van der Waals surface area contributed by atoms with Crippen molar-refractivity contribution in [3.63, 3.8) is 0 Å². The predicted octanol–water partition coefficient (Wildman–Crippen LogP) is 1.36. The van der Waals surface area contributed by atoms with E-state index in [1.165, 1.54) is 6.92 Å². The minimum atomic E-state index is -1.92. The van der Waals surface area contributed by atoms with Gasteiger partial charge in [0.15, 0.2) is 6.10 Å². The lowest BCUT2D eigenvalue weighted by Crippen LogP contribution is -2.42. The summed E-state index contributed by atoms with van der Waals surface area (Å²) >= 11 is 5.39. The van der Waals surface area contributed by atoms with E-state index in [0.29, 0.717) is 13.2 Å². The zero-order chi connectivity index (χ0) is 14.1. The molecule has 1 aliphatic heterocycles. The second-order valence-electron chi connectivity index (χ2n) is 4.36. The highest BCUT2D eigenvalue weighted by Gasteiger charge is 2.58. The average molecular weight is 296 g/mol. The van der Waals surface area contributed by atoms with Crippen LogP contribution in [0.25, 0.3) is 0 Å². The Labute approximate surface area is 114 Å². The van der Waals surface area contributed by atoms with Gasteiger partial charge in [0.1, 0.15) is 0 Å². The lowest BCUT2D eigenvalue weighted by atomic mass is 10.2. The molecule has 0 spiro atoms. The van der Waals surface area contributed by atoms with Crippen molar-refractivity contribution in [1.29, 1.82) is 0 Å². The van der Waals surface area contributed by atoms with Crippen LogP contribution in [-0.2, 0) is 23.8 Å². The molecule has 0 amide bonds. The van der Waals surface area contributed by atoms with Gasteiger partial charge in [-0.15, -0.1) is 0 Å². The predicted molar refractivity (Wildman–Crippen MR) is 63.6 cm³/mol. The molecule has 1 aliphatic carbocycles. The Kier molecular flexibility index (Phi) is 3.98. The van der Waals surface area contributed by atoms with Gasteiger partial charge in [-0.1, -0.05) is 16.8 Å². The van der Waals surface area contributed by atoms with Crippen molar-refractivity contribution in [2.75, 3.05) is 19.8 Å². The Hall–Kier alpha value is -0.920. The van der Waals surface area contributed by atoms with Gasteiger partial charge in [0, 0.05) is 6.42 Å². The number of carbonyl (C=O) groups excluding carboxylic acids is 1. The van der Waals surface area contributed by atoms with Crippen molar-refractivity contribution in [2.24, 2.45) is 5.16 Å². The Morgan fingerprint density at radius 2 is 2.11 bits per heavy atom. The smallest absolute Gasteiger partial charge is 0.361 e. The van der Waals surface area contributed by atoms with Crippen LogP contribution in [0.15, 0.2) is 5.16 Å². The summed E-state index contributed by atoms with van der Waals surface area (Å²) in [6.45, 7) is 3.98. The van der Waals surface area contributed by atoms with E-state index in [2.05, 4.69) is 5.16 Å². The number of hydrogen-bond donors (Lipinski definition) is 0. The molecule has 0 bridgehead atoms. The van der Waals surface area contributed by atoms with Gasteiger partial charge < -0.3 is 19.0 Å². The maximum atomic E-state index is 13.1. The minimum Gasteiger partial charge on any atom is -0.461 e. The maximum Gasteiger partial charge on any atom is 0.361 e. The largest absolute Gasteiger partial charge is 0.461 e. The Morgan fingerprint density at radius 3 is 2.58 bits per heavy atom. The molecule has 1 saturated heterocycles. The summed E-state index contributed by atoms with van der Waals surface area (Å²) < 4.78 is 28.6. The van der Waals surface area contributed by atoms with E-state index < -0.39 is 23.0 Å². The highest BCUT2D eigenvalue weighted by atomic mass is 35.5. The van der Waals surface area contributed by atoms with Crippen molar-refractivity contribution < 1.29 is 28.2 Å². The monoisotopic (exact) mass is 295 g/mol. The Morgan fingerprint density at radius 1 is 1.53 bits per heavy atom. The molecule has 1 saturated carbocycles. The normalized spacial score (nSPS) is 33.1. The van der Waals surface area contributed by atoms with Crippen molar-refractivity contribution in [1.82, 2.24) is 0 Å². The molecule has 108 valence electrons. The molecule has 2 fully saturated rings. The molecular formula is C11H15ClFNO5. The van der Waals surface area contributed by atoms with Gasteiger partial charge in [-0.05, 0) is 13.8 Å². The van der Waals surface area contributed by atoms with Gasteiger partial charge in [0.05, 0.1) is 19.8 Å². The van der Waals surface area contributed by atoms with Crippen molar-refractivity contribution in [3.8, 4) is 0 Å². The molecule has 6 nitrogen and oxygen atoms in total. The molecular weight excluding hydrogens is 281 g/mol. The van der Waals surface area contributed by atoms with Crippen LogP contribution >= 0.6 is 11.6 Å².